The van der Waals surface area contributed by atoms with E-state index in [1.807, 2.05) is 80.6 Å². The van der Waals surface area contributed by atoms with E-state index in [9.17, 15) is 20.0 Å². The maximum Gasteiger partial charge on any atom is 0.326 e. The van der Waals surface area contributed by atoms with E-state index in [1.54, 1.807) is 0 Å². The molecule has 0 aliphatic rings. The van der Waals surface area contributed by atoms with E-state index in [0.717, 1.165) is 11.1 Å². The number of hydrogen-bond acceptors (Lipinski definition) is 4. The molecule has 2 aromatic rings. The summed E-state index contributed by atoms with van der Waals surface area (Å²) in [6.45, 7) is 3.81. The topological polar surface area (TPSA) is 102 Å². The number of carbonyl (C=O) groups is 2. The first kappa shape index (κ1) is 21.7. The van der Waals surface area contributed by atoms with Crippen LogP contribution in [0.25, 0.3) is 0 Å². The number of hydrogen-bond donors (Lipinski definition) is 3. The summed E-state index contributed by atoms with van der Waals surface area (Å²) in [5.41, 5.74) is 1.57. The minimum atomic E-state index is -1.03. The van der Waals surface area contributed by atoms with Gasteiger partial charge in [0.15, 0.2) is 0 Å². The van der Waals surface area contributed by atoms with Gasteiger partial charge in [-0.25, -0.2) is 4.79 Å². The zero-order valence-electron chi connectivity index (χ0n) is 16.5. The summed E-state index contributed by atoms with van der Waals surface area (Å²) >= 11 is 0. The molecule has 3 N–H and O–H groups in total. The largest absolute Gasteiger partial charge is 0.480 e. The van der Waals surface area contributed by atoms with E-state index >= 15 is 0 Å². The number of amides is 1. The summed E-state index contributed by atoms with van der Waals surface area (Å²) in [4.78, 5) is 24.1. The van der Waals surface area contributed by atoms with Gasteiger partial charge >= 0.3 is 5.97 Å². The van der Waals surface area contributed by atoms with E-state index in [-0.39, 0.29) is 11.5 Å². The van der Waals surface area contributed by atoms with Crippen molar-refractivity contribution < 1.29 is 14.7 Å². The Balaban J connectivity index is 2.22. The van der Waals surface area contributed by atoms with Gasteiger partial charge in [0.2, 0.25) is 0 Å². The van der Waals surface area contributed by atoms with E-state index in [2.05, 4.69) is 10.6 Å². The lowest BCUT2D eigenvalue weighted by molar-refractivity contribution is -0.139. The lowest BCUT2D eigenvalue weighted by atomic mass is 9.98. The zero-order valence-corrected chi connectivity index (χ0v) is 16.5. The summed E-state index contributed by atoms with van der Waals surface area (Å²) < 4.78 is 0. The Morgan fingerprint density at radius 2 is 1.55 bits per heavy atom. The molecule has 6 heteroatoms. The number of benzene rings is 2. The predicted octanol–water partition coefficient (Wildman–Crippen LogP) is 3.39. The van der Waals surface area contributed by atoms with Crippen molar-refractivity contribution in [1.82, 2.24) is 10.6 Å². The van der Waals surface area contributed by atoms with Gasteiger partial charge in [0.1, 0.15) is 17.7 Å². The third kappa shape index (κ3) is 6.51. The molecule has 0 aliphatic heterocycles. The Morgan fingerprint density at radius 1 is 1.03 bits per heavy atom. The van der Waals surface area contributed by atoms with Crippen LogP contribution in [0.3, 0.4) is 0 Å². The first-order chi connectivity index (χ1) is 13.9. The number of carbonyl (C=O) groups excluding carboxylic acids is 1. The van der Waals surface area contributed by atoms with Crippen LogP contribution < -0.4 is 10.6 Å². The highest BCUT2D eigenvalue weighted by atomic mass is 16.4. The second kappa shape index (κ2) is 10.7. The predicted molar refractivity (Wildman–Crippen MR) is 111 cm³/mol. The monoisotopic (exact) mass is 391 g/mol. The number of aliphatic carboxylic acids is 1. The molecule has 0 spiro atoms. The summed E-state index contributed by atoms with van der Waals surface area (Å²) in [7, 11) is 0. The number of nitriles is 1. The van der Waals surface area contributed by atoms with E-state index in [1.165, 1.54) is 6.20 Å². The van der Waals surface area contributed by atoms with Crippen LogP contribution in [0.15, 0.2) is 72.4 Å². The molecule has 0 heterocycles. The molecule has 2 rings (SSSR count). The lowest BCUT2D eigenvalue weighted by Gasteiger charge is -2.20. The Bertz CT molecular complexity index is 847. The van der Waals surface area contributed by atoms with Crippen LogP contribution >= 0.6 is 0 Å². The van der Waals surface area contributed by atoms with Gasteiger partial charge < -0.3 is 15.7 Å². The summed E-state index contributed by atoms with van der Waals surface area (Å²) in [5.74, 6) is -1.46. The lowest BCUT2D eigenvalue weighted by Crippen LogP contribution is -2.36. The van der Waals surface area contributed by atoms with Gasteiger partial charge in [0, 0.05) is 6.20 Å². The Hall–Kier alpha value is -3.59. The Morgan fingerprint density at radius 3 is 1.97 bits per heavy atom. The van der Waals surface area contributed by atoms with Crippen LogP contribution in [0.4, 0.5) is 0 Å². The molecule has 1 atom stereocenters. The number of rotatable bonds is 9. The van der Waals surface area contributed by atoms with Gasteiger partial charge in [-0.3, -0.25) is 4.79 Å². The van der Waals surface area contributed by atoms with Crippen LogP contribution in [0, 0.1) is 17.2 Å². The van der Waals surface area contributed by atoms with Crippen molar-refractivity contribution in [3.8, 4) is 6.07 Å². The molecule has 0 saturated heterocycles. The van der Waals surface area contributed by atoms with Crippen molar-refractivity contribution in [3.05, 3.63) is 83.6 Å². The van der Waals surface area contributed by atoms with Crippen molar-refractivity contribution in [2.45, 2.75) is 32.4 Å². The highest BCUT2D eigenvalue weighted by Crippen LogP contribution is 2.22. The smallest absolute Gasteiger partial charge is 0.326 e. The second-order valence-electron chi connectivity index (χ2n) is 7.08. The normalized spacial score (nSPS) is 12.3. The molecule has 150 valence electrons. The zero-order chi connectivity index (χ0) is 21.2. The number of carboxylic acids is 1. The van der Waals surface area contributed by atoms with Crippen molar-refractivity contribution >= 4 is 11.9 Å². The highest BCUT2D eigenvalue weighted by molar-refractivity contribution is 5.97. The summed E-state index contributed by atoms with van der Waals surface area (Å²) in [6, 6.07) is 19.4. The fourth-order valence-corrected chi connectivity index (χ4v) is 2.90. The molecule has 1 amide bonds. The number of nitrogens with zero attached hydrogens (tertiary/aromatic N) is 1. The Kier molecular flexibility index (Phi) is 7.99. The SMILES string of the molecule is CC(C)CC(N/C=C(/C#N)C(=O)NC(c1ccccc1)c1ccccc1)C(=O)O. The standard InChI is InChI=1S/C23H25N3O3/c1-16(2)13-20(23(28)29)25-15-19(14-24)22(27)26-21(17-9-5-3-6-10-17)18-11-7-4-8-12-18/h3-12,15-16,20-21,25H,13H2,1-2H3,(H,26,27)(H,28,29)/b19-15-. The number of carboxylic acid groups (broad SMARTS) is 1. The molecule has 0 saturated carbocycles. The van der Waals surface area contributed by atoms with Gasteiger partial charge in [0.05, 0.1) is 6.04 Å². The maximum atomic E-state index is 12.7. The van der Waals surface area contributed by atoms with E-state index in [4.69, 9.17) is 0 Å². The van der Waals surface area contributed by atoms with Gasteiger partial charge in [0.25, 0.3) is 5.91 Å². The van der Waals surface area contributed by atoms with E-state index < -0.39 is 24.0 Å². The fourth-order valence-electron chi connectivity index (χ4n) is 2.90. The minimum Gasteiger partial charge on any atom is -0.480 e. The molecule has 29 heavy (non-hydrogen) atoms. The molecule has 2 aromatic carbocycles. The van der Waals surface area contributed by atoms with E-state index in [0.29, 0.717) is 6.42 Å². The summed E-state index contributed by atoms with van der Waals surface area (Å²) in [5, 5.41) is 24.3. The average molecular weight is 391 g/mol. The van der Waals surface area contributed by atoms with Crippen molar-refractivity contribution in [3.63, 3.8) is 0 Å². The van der Waals surface area contributed by atoms with Crippen LogP contribution in [-0.2, 0) is 9.59 Å². The summed E-state index contributed by atoms with van der Waals surface area (Å²) in [6.07, 6.45) is 1.56. The highest BCUT2D eigenvalue weighted by Gasteiger charge is 2.21. The minimum absolute atomic E-state index is 0.150. The molecular formula is C23H25N3O3. The Labute approximate surface area is 170 Å². The quantitative estimate of drug-likeness (QED) is 0.449. The van der Waals surface area contributed by atoms with Gasteiger partial charge in [-0.15, -0.1) is 0 Å². The maximum absolute atomic E-state index is 12.7. The van der Waals surface area contributed by atoms with Crippen molar-refractivity contribution in [2.75, 3.05) is 0 Å². The van der Waals surface area contributed by atoms with Crippen LogP contribution in [0.1, 0.15) is 37.4 Å². The molecule has 0 fully saturated rings. The molecular weight excluding hydrogens is 366 g/mol. The molecule has 0 bridgehead atoms. The van der Waals surface area contributed by atoms with Gasteiger partial charge in [-0.05, 0) is 23.5 Å². The first-order valence-electron chi connectivity index (χ1n) is 9.42. The third-order valence-electron chi connectivity index (χ3n) is 4.34. The van der Waals surface area contributed by atoms with Crippen LogP contribution in [0.5, 0.6) is 0 Å². The van der Waals surface area contributed by atoms with Crippen LogP contribution in [-0.4, -0.2) is 23.0 Å². The van der Waals surface area contributed by atoms with Gasteiger partial charge in [-0.1, -0.05) is 74.5 Å². The number of nitrogens with one attached hydrogen (secondary N) is 2. The molecule has 0 radical (unpaired) electrons. The van der Waals surface area contributed by atoms with Crippen LogP contribution in [0.2, 0.25) is 0 Å². The molecule has 0 aliphatic carbocycles. The first-order valence-corrected chi connectivity index (χ1v) is 9.42. The average Bonchev–Trinajstić information content (AvgIpc) is 2.72. The molecule has 1 unspecified atom stereocenters. The van der Waals surface area contributed by atoms with Gasteiger partial charge in [-0.2, -0.15) is 5.26 Å². The molecule has 6 nitrogen and oxygen atoms in total. The second-order valence-corrected chi connectivity index (χ2v) is 7.08. The fraction of sp³-hybridized carbons (Fsp3) is 0.261. The third-order valence-corrected chi connectivity index (χ3v) is 4.34. The van der Waals surface area contributed by atoms with Crippen molar-refractivity contribution in [2.24, 2.45) is 5.92 Å². The van der Waals surface area contributed by atoms with Crippen molar-refractivity contribution in [1.29, 1.82) is 5.26 Å². The molecule has 0 aromatic heterocycles.